The number of hydrogen-bond donors (Lipinski definition) is 3. The molecule has 1 saturated heterocycles. The molecule has 0 unspecified atom stereocenters. The number of benzene rings is 2. The van der Waals surface area contributed by atoms with Crippen molar-refractivity contribution in [1.29, 1.82) is 0 Å². The lowest BCUT2D eigenvalue weighted by molar-refractivity contribution is -0.134. The summed E-state index contributed by atoms with van der Waals surface area (Å²) in [5.74, 6) is 0.639. The third-order valence-electron chi connectivity index (χ3n) is 8.83. The van der Waals surface area contributed by atoms with Crippen molar-refractivity contribution in [1.82, 2.24) is 10.2 Å². The first kappa shape index (κ1) is 22.7. The van der Waals surface area contributed by atoms with Crippen LogP contribution >= 0.6 is 23.2 Å². The van der Waals surface area contributed by atoms with Crippen LogP contribution in [0, 0.1) is 11.8 Å². The Balaban J connectivity index is 1.29. The first-order valence-corrected chi connectivity index (χ1v) is 13.1. The summed E-state index contributed by atoms with van der Waals surface area (Å²) in [7, 11) is 0. The van der Waals surface area contributed by atoms with E-state index in [1.807, 2.05) is 18.2 Å². The van der Waals surface area contributed by atoms with Gasteiger partial charge in [-0.3, -0.25) is 9.69 Å². The van der Waals surface area contributed by atoms with Gasteiger partial charge in [-0.05, 0) is 91.9 Å². The van der Waals surface area contributed by atoms with E-state index >= 15 is 0 Å². The highest BCUT2D eigenvalue weighted by atomic mass is 35.5. The molecule has 34 heavy (non-hydrogen) atoms. The van der Waals surface area contributed by atoms with Crippen molar-refractivity contribution in [3.05, 3.63) is 63.1 Å². The first-order chi connectivity index (χ1) is 16.3. The lowest BCUT2D eigenvalue weighted by Gasteiger charge is -2.59. The molecule has 180 valence electrons. The molecule has 0 radical (unpaired) electrons. The van der Waals surface area contributed by atoms with E-state index in [1.54, 1.807) is 18.2 Å². The van der Waals surface area contributed by atoms with Crippen LogP contribution in [0.25, 0.3) is 0 Å². The Morgan fingerprint density at radius 3 is 2.71 bits per heavy atom. The van der Waals surface area contributed by atoms with Crippen LogP contribution in [0.4, 0.5) is 0 Å². The number of piperidine rings is 1. The van der Waals surface area contributed by atoms with E-state index in [4.69, 9.17) is 23.2 Å². The molecule has 1 amide bonds. The van der Waals surface area contributed by atoms with Crippen molar-refractivity contribution >= 4 is 29.1 Å². The van der Waals surface area contributed by atoms with Gasteiger partial charge in [0, 0.05) is 30.5 Å². The number of halogens is 2. The van der Waals surface area contributed by atoms with E-state index in [-0.39, 0.29) is 23.6 Å². The number of phenolic OH excluding ortho intramolecular Hbond substituents is 1. The zero-order valence-corrected chi connectivity index (χ0v) is 20.6. The normalized spacial score (nSPS) is 32.2. The van der Waals surface area contributed by atoms with E-state index in [0.29, 0.717) is 29.4 Å². The second-order valence-corrected chi connectivity index (χ2v) is 11.6. The number of nitrogens with zero attached hydrogens (tertiary/aromatic N) is 1. The summed E-state index contributed by atoms with van der Waals surface area (Å²) in [5, 5.41) is 26.7. The molecular weight excluding hydrogens is 471 g/mol. The maximum atomic E-state index is 13.3. The summed E-state index contributed by atoms with van der Waals surface area (Å²) in [6.07, 6.45) is 5.16. The predicted molar refractivity (Wildman–Crippen MR) is 132 cm³/mol. The fourth-order valence-electron chi connectivity index (χ4n) is 7.00. The minimum absolute atomic E-state index is 0.00626. The highest BCUT2D eigenvalue weighted by molar-refractivity contribution is 6.42. The highest BCUT2D eigenvalue weighted by Gasteiger charge is 2.68. The average Bonchev–Trinajstić information content (AvgIpc) is 3.56. The monoisotopic (exact) mass is 500 g/mol. The number of fused-ring (bicyclic) bond motifs is 1. The summed E-state index contributed by atoms with van der Waals surface area (Å²) < 4.78 is 0. The Labute approximate surface area is 210 Å². The Bertz CT molecular complexity index is 1150. The zero-order chi connectivity index (χ0) is 23.7. The third kappa shape index (κ3) is 3.55. The van der Waals surface area contributed by atoms with Crippen LogP contribution in [0.3, 0.4) is 0 Å². The van der Waals surface area contributed by atoms with Crippen molar-refractivity contribution in [2.45, 2.75) is 62.1 Å². The van der Waals surface area contributed by atoms with Gasteiger partial charge in [0.1, 0.15) is 5.75 Å². The second-order valence-electron chi connectivity index (χ2n) is 10.8. The van der Waals surface area contributed by atoms with Crippen molar-refractivity contribution in [2.24, 2.45) is 11.8 Å². The van der Waals surface area contributed by atoms with Gasteiger partial charge in [-0.25, -0.2) is 0 Å². The predicted octanol–water partition coefficient (Wildman–Crippen LogP) is 4.43. The molecular formula is C27H30Cl2N2O3. The number of aliphatic hydroxyl groups is 1. The molecule has 2 aromatic rings. The number of carbonyl (C=O) groups excluding carboxylic acids is 1. The SMILES string of the molecule is O=C(NCc1ccc(Cl)c(Cl)c1)[C@H]1C[C@]23CCN(CC4CC4)[C@H](Cc4ccc(O)cc42)[C@]3(O)C1. The number of phenols is 1. The molecule has 7 heteroatoms. The third-order valence-corrected chi connectivity index (χ3v) is 9.57. The molecule has 3 fully saturated rings. The van der Waals surface area contributed by atoms with Crippen LogP contribution in [0.2, 0.25) is 10.0 Å². The van der Waals surface area contributed by atoms with E-state index in [1.165, 1.54) is 18.4 Å². The summed E-state index contributed by atoms with van der Waals surface area (Å²) in [5.41, 5.74) is 1.64. The number of aromatic hydroxyl groups is 1. The van der Waals surface area contributed by atoms with Gasteiger partial charge < -0.3 is 15.5 Å². The molecule has 0 aromatic heterocycles. The number of carbonyl (C=O) groups is 1. The molecule has 3 N–H and O–H groups in total. The first-order valence-electron chi connectivity index (χ1n) is 12.3. The number of rotatable bonds is 5. The summed E-state index contributed by atoms with van der Waals surface area (Å²) in [6, 6.07) is 11.0. The van der Waals surface area contributed by atoms with Gasteiger partial charge in [0.2, 0.25) is 5.91 Å². The van der Waals surface area contributed by atoms with Crippen LogP contribution in [0.15, 0.2) is 36.4 Å². The Morgan fingerprint density at radius 2 is 1.94 bits per heavy atom. The lowest BCUT2D eigenvalue weighted by atomic mass is 9.56. The Kier molecular flexibility index (Phi) is 5.41. The fraction of sp³-hybridized carbons (Fsp3) is 0.519. The smallest absolute Gasteiger partial charge is 0.223 e. The molecule has 3 aliphatic carbocycles. The van der Waals surface area contributed by atoms with Gasteiger partial charge in [-0.15, -0.1) is 0 Å². The van der Waals surface area contributed by atoms with E-state index in [0.717, 1.165) is 43.0 Å². The second kappa shape index (κ2) is 8.12. The quantitative estimate of drug-likeness (QED) is 0.567. The molecule has 4 atom stereocenters. The number of likely N-dealkylation sites (tertiary alicyclic amines) is 1. The number of nitrogens with one attached hydrogen (secondary N) is 1. The fourth-order valence-corrected chi connectivity index (χ4v) is 7.32. The van der Waals surface area contributed by atoms with Crippen molar-refractivity contribution in [3.8, 4) is 5.75 Å². The van der Waals surface area contributed by atoms with Gasteiger partial charge in [-0.1, -0.05) is 35.3 Å². The maximum Gasteiger partial charge on any atom is 0.223 e. The van der Waals surface area contributed by atoms with Crippen molar-refractivity contribution in [3.63, 3.8) is 0 Å². The molecule has 5 nitrogen and oxygen atoms in total. The van der Waals surface area contributed by atoms with Crippen LogP contribution < -0.4 is 5.32 Å². The average molecular weight is 501 g/mol. The minimum atomic E-state index is -0.980. The minimum Gasteiger partial charge on any atom is -0.508 e. The lowest BCUT2D eigenvalue weighted by Crippen LogP contribution is -2.69. The summed E-state index contributed by atoms with van der Waals surface area (Å²) >= 11 is 12.1. The Hall–Kier alpha value is -1.79. The molecule has 0 spiro atoms. The largest absolute Gasteiger partial charge is 0.508 e. The summed E-state index contributed by atoms with van der Waals surface area (Å²) in [4.78, 5) is 15.8. The van der Waals surface area contributed by atoms with E-state index in [9.17, 15) is 15.0 Å². The molecule has 1 aliphatic heterocycles. The zero-order valence-electron chi connectivity index (χ0n) is 19.1. The Morgan fingerprint density at radius 1 is 1.12 bits per heavy atom. The highest BCUT2D eigenvalue weighted by Crippen LogP contribution is 2.62. The molecule has 2 bridgehead atoms. The number of amides is 1. The van der Waals surface area contributed by atoms with Crippen LogP contribution in [-0.2, 0) is 23.2 Å². The van der Waals surface area contributed by atoms with Gasteiger partial charge in [-0.2, -0.15) is 0 Å². The van der Waals surface area contributed by atoms with E-state index < -0.39 is 11.0 Å². The van der Waals surface area contributed by atoms with Crippen molar-refractivity contribution in [2.75, 3.05) is 13.1 Å². The van der Waals surface area contributed by atoms with Crippen molar-refractivity contribution < 1.29 is 15.0 Å². The van der Waals surface area contributed by atoms with Crippen LogP contribution in [0.1, 0.15) is 48.8 Å². The summed E-state index contributed by atoms with van der Waals surface area (Å²) in [6.45, 7) is 2.33. The van der Waals surface area contributed by atoms with Gasteiger partial charge >= 0.3 is 0 Å². The van der Waals surface area contributed by atoms with E-state index in [2.05, 4.69) is 10.2 Å². The van der Waals surface area contributed by atoms with Gasteiger partial charge in [0.25, 0.3) is 0 Å². The van der Waals surface area contributed by atoms with Crippen LogP contribution in [-0.4, -0.2) is 45.8 Å². The molecule has 2 saturated carbocycles. The van der Waals surface area contributed by atoms with Gasteiger partial charge in [0.15, 0.2) is 0 Å². The van der Waals surface area contributed by atoms with Gasteiger partial charge in [0.05, 0.1) is 15.6 Å². The molecule has 2 aromatic carbocycles. The topological polar surface area (TPSA) is 72.8 Å². The molecule has 6 rings (SSSR count). The number of hydrogen-bond acceptors (Lipinski definition) is 4. The molecule has 4 aliphatic rings. The standard InChI is InChI=1S/C27H30Cl2N2O3/c28-22-6-3-17(9-23(22)29)14-30-25(33)19-12-26-7-8-31(15-16-1-2-16)24(27(26,34)13-19)10-18-4-5-20(32)11-21(18)26/h3-6,9,11,16,19,24,32,34H,1-2,7-8,10,12-15H2,(H,30,33)/t19-,24+,26+,27+/m0/s1. The van der Waals surface area contributed by atoms with Crippen LogP contribution in [0.5, 0.6) is 5.75 Å². The molecule has 1 heterocycles. The maximum absolute atomic E-state index is 13.3.